The minimum Gasteiger partial charge on any atom is -0.492 e. The number of benzene rings is 3. The first-order chi connectivity index (χ1) is 17.6. The summed E-state index contributed by atoms with van der Waals surface area (Å²) in [5.41, 5.74) is 2.84. The van der Waals surface area contributed by atoms with Gasteiger partial charge in [-0.1, -0.05) is 66.7 Å². The Bertz CT molecular complexity index is 1290. The second-order valence-electron chi connectivity index (χ2n) is 8.24. The molecule has 6 nitrogen and oxygen atoms in total. The number of hydrogen-bond acceptors (Lipinski definition) is 5. The molecule has 1 aromatic heterocycles. The first-order valence-electron chi connectivity index (χ1n) is 11.9. The van der Waals surface area contributed by atoms with Crippen LogP contribution in [0.2, 0.25) is 0 Å². The Morgan fingerprint density at radius 1 is 0.917 bits per heavy atom. The van der Waals surface area contributed by atoms with Crippen molar-refractivity contribution in [1.29, 1.82) is 0 Å². The highest BCUT2D eigenvalue weighted by atomic mass is 32.2. The van der Waals surface area contributed by atoms with Gasteiger partial charge in [-0.05, 0) is 47.6 Å². The summed E-state index contributed by atoms with van der Waals surface area (Å²) in [5, 5.41) is 13.5. The molecule has 0 atom stereocenters. The predicted molar refractivity (Wildman–Crippen MR) is 142 cm³/mol. The molecule has 3 aromatic carbocycles. The Morgan fingerprint density at radius 2 is 1.61 bits per heavy atom. The van der Waals surface area contributed by atoms with Crippen LogP contribution in [0, 0.1) is 0 Å². The van der Waals surface area contributed by atoms with Crippen LogP contribution in [0.5, 0.6) is 5.75 Å². The van der Waals surface area contributed by atoms with Crippen LogP contribution in [0.1, 0.15) is 35.6 Å². The molecule has 1 N–H and O–H groups in total. The molecule has 0 saturated carbocycles. The molecule has 7 heteroatoms. The fourth-order valence-corrected chi connectivity index (χ4v) is 4.82. The maximum Gasteiger partial charge on any atom is 0.303 e. The Morgan fingerprint density at radius 3 is 2.28 bits per heavy atom. The molecule has 0 bridgehead atoms. The van der Waals surface area contributed by atoms with E-state index in [0.717, 1.165) is 27.5 Å². The first kappa shape index (κ1) is 25.3. The molecule has 0 radical (unpaired) electrons. The van der Waals surface area contributed by atoms with Crippen LogP contribution in [0.4, 0.5) is 0 Å². The van der Waals surface area contributed by atoms with E-state index in [1.165, 1.54) is 4.68 Å². The molecule has 0 spiro atoms. The highest BCUT2D eigenvalue weighted by Crippen LogP contribution is 2.30. The Hall–Kier alpha value is -3.84. The Labute approximate surface area is 214 Å². The number of aliphatic carboxylic acids is 1. The van der Waals surface area contributed by atoms with Gasteiger partial charge < -0.3 is 9.84 Å². The van der Waals surface area contributed by atoms with E-state index >= 15 is 0 Å². The maximum absolute atomic E-state index is 12.6. The highest BCUT2D eigenvalue weighted by molar-refractivity contribution is 7.99. The average molecular weight is 501 g/mol. The van der Waals surface area contributed by atoms with Crippen molar-refractivity contribution in [3.8, 4) is 5.75 Å². The third-order valence-electron chi connectivity index (χ3n) is 5.63. The number of ether oxygens (including phenoxy) is 1. The standard InChI is InChI=1S/C29H28N2O4S/c32-27-17-16-26(29(22-9-3-1-4-10-22)23-11-5-2-6-12-23)30-31(27)18-19-35-24-13-7-14-25(21-24)36-20-8-15-28(33)34/h1-7,9-14,16-17,21,29H,8,15,18-20H2,(H,33,34). The monoisotopic (exact) mass is 500 g/mol. The molecule has 0 aliphatic heterocycles. The lowest BCUT2D eigenvalue weighted by Crippen LogP contribution is -2.26. The van der Waals surface area contributed by atoms with E-state index in [0.29, 0.717) is 25.3 Å². The van der Waals surface area contributed by atoms with Gasteiger partial charge in [-0.25, -0.2) is 4.68 Å². The van der Waals surface area contributed by atoms with E-state index in [4.69, 9.17) is 14.9 Å². The van der Waals surface area contributed by atoms with Crippen LogP contribution >= 0.6 is 11.8 Å². The summed E-state index contributed by atoms with van der Waals surface area (Å²) < 4.78 is 7.37. The minimum atomic E-state index is -0.778. The quantitative estimate of drug-likeness (QED) is 0.206. The summed E-state index contributed by atoms with van der Waals surface area (Å²) in [6.07, 6.45) is 0.780. The van der Waals surface area contributed by atoms with Gasteiger partial charge >= 0.3 is 5.97 Å². The Kier molecular flexibility index (Phi) is 8.94. The van der Waals surface area contributed by atoms with Gasteiger partial charge in [0.25, 0.3) is 5.56 Å². The normalized spacial score (nSPS) is 10.9. The van der Waals surface area contributed by atoms with Crippen LogP contribution in [0.3, 0.4) is 0 Å². The number of carboxylic acids is 1. The molecular formula is C29H28N2O4S. The van der Waals surface area contributed by atoms with E-state index < -0.39 is 5.97 Å². The largest absolute Gasteiger partial charge is 0.492 e. The topological polar surface area (TPSA) is 81.4 Å². The third-order valence-corrected chi connectivity index (χ3v) is 6.71. The third kappa shape index (κ3) is 7.09. The van der Waals surface area contributed by atoms with Crippen molar-refractivity contribution >= 4 is 17.7 Å². The second-order valence-corrected chi connectivity index (χ2v) is 9.41. The fourth-order valence-electron chi connectivity index (χ4n) is 3.92. The number of rotatable bonds is 12. The van der Waals surface area contributed by atoms with Crippen LogP contribution in [-0.4, -0.2) is 33.2 Å². The zero-order valence-electron chi connectivity index (χ0n) is 19.8. The summed E-state index contributed by atoms with van der Waals surface area (Å²) in [4.78, 5) is 24.2. The molecule has 0 aliphatic rings. The molecule has 184 valence electrons. The van der Waals surface area contributed by atoms with Gasteiger partial charge in [-0.2, -0.15) is 5.10 Å². The fraction of sp³-hybridized carbons (Fsp3) is 0.207. The van der Waals surface area contributed by atoms with Crippen molar-refractivity contribution < 1.29 is 14.6 Å². The number of carboxylic acid groups (broad SMARTS) is 1. The molecule has 0 saturated heterocycles. The molecule has 4 rings (SSSR count). The first-order valence-corrected chi connectivity index (χ1v) is 12.8. The molecule has 1 heterocycles. The molecule has 0 fully saturated rings. The molecular weight excluding hydrogens is 472 g/mol. The molecule has 0 unspecified atom stereocenters. The van der Waals surface area contributed by atoms with Crippen molar-refractivity contribution in [2.75, 3.05) is 12.4 Å². The van der Waals surface area contributed by atoms with Crippen molar-refractivity contribution in [2.24, 2.45) is 0 Å². The van der Waals surface area contributed by atoms with Crippen LogP contribution in [0.25, 0.3) is 0 Å². The van der Waals surface area contributed by atoms with Gasteiger partial charge in [0.15, 0.2) is 0 Å². The zero-order chi connectivity index (χ0) is 25.2. The number of nitrogens with zero attached hydrogens (tertiary/aromatic N) is 2. The van der Waals surface area contributed by atoms with E-state index in [1.807, 2.05) is 60.7 Å². The number of carbonyl (C=O) groups is 1. The predicted octanol–water partition coefficient (Wildman–Crippen LogP) is 5.46. The second kappa shape index (κ2) is 12.7. The summed E-state index contributed by atoms with van der Waals surface area (Å²) in [5.74, 6) is 0.564. The van der Waals surface area contributed by atoms with Crippen LogP contribution in [0.15, 0.2) is 107 Å². The minimum absolute atomic E-state index is 0.0880. The van der Waals surface area contributed by atoms with E-state index in [1.54, 1.807) is 23.9 Å². The van der Waals surface area contributed by atoms with Crippen molar-refractivity contribution in [3.05, 3.63) is 124 Å². The van der Waals surface area contributed by atoms with Crippen LogP contribution in [-0.2, 0) is 11.3 Å². The summed E-state index contributed by atoms with van der Waals surface area (Å²) >= 11 is 1.60. The summed E-state index contributed by atoms with van der Waals surface area (Å²) in [7, 11) is 0. The lowest BCUT2D eigenvalue weighted by atomic mass is 9.88. The Balaban J connectivity index is 1.44. The van der Waals surface area contributed by atoms with Gasteiger partial charge in [-0.15, -0.1) is 11.8 Å². The lowest BCUT2D eigenvalue weighted by molar-refractivity contribution is -0.137. The van der Waals surface area contributed by atoms with Crippen molar-refractivity contribution in [1.82, 2.24) is 9.78 Å². The smallest absolute Gasteiger partial charge is 0.303 e. The van der Waals surface area contributed by atoms with Crippen molar-refractivity contribution in [2.45, 2.75) is 30.2 Å². The number of hydrogen-bond donors (Lipinski definition) is 1. The number of thioether (sulfide) groups is 1. The average Bonchev–Trinajstić information content (AvgIpc) is 2.90. The summed E-state index contributed by atoms with van der Waals surface area (Å²) in [6, 6.07) is 31.3. The summed E-state index contributed by atoms with van der Waals surface area (Å²) in [6.45, 7) is 0.615. The van der Waals surface area contributed by atoms with Crippen molar-refractivity contribution in [3.63, 3.8) is 0 Å². The molecule has 36 heavy (non-hydrogen) atoms. The van der Waals surface area contributed by atoms with Gasteiger partial charge in [0.1, 0.15) is 12.4 Å². The van der Waals surface area contributed by atoms with Gasteiger partial charge in [0.2, 0.25) is 0 Å². The molecule has 4 aromatic rings. The molecule has 0 amide bonds. The van der Waals surface area contributed by atoms with Gasteiger partial charge in [0, 0.05) is 17.4 Å². The lowest BCUT2D eigenvalue weighted by Gasteiger charge is -2.18. The van der Waals surface area contributed by atoms with E-state index in [-0.39, 0.29) is 17.9 Å². The van der Waals surface area contributed by atoms with Gasteiger partial charge in [-0.3, -0.25) is 9.59 Å². The SMILES string of the molecule is O=C(O)CCCSc1cccc(OCCn2nc(C(c3ccccc3)c3ccccc3)ccc2=O)c1. The van der Waals surface area contributed by atoms with E-state index in [2.05, 4.69) is 24.3 Å². The van der Waals surface area contributed by atoms with Gasteiger partial charge in [0.05, 0.1) is 18.2 Å². The maximum atomic E-state index is 12.6. The number of aromatic nitrogens is 2. The molecule has 0 aliphatic carbocycles. The van der Waals surface area contributed by atoms with E-state index in [9.17, 15) is 9.59 Å². The highest BCUT2D eigenvalue weighted by Gasteiger charge is 2.19. The van der Waals surface area contributed by atoms with Crippen LogP contribution < -0.4 is 10.3 Å². The zero-order valence-corrected chi connectivity index (χ0v) is 20.6.